The molecule has 7 heteroatoms. The zero-order valence-corrected chi connectivity index (χ0v) is 13.3. The second kappa shape index (κ2) is 9.33. The largest absolute Gasteiger partial charge is 0.480 e. The minimum atomic E-state index is -1.10. The minimum Gasteiger partial charge on any atom is -0.480 e. The molecular formula is C14H26N2O5. The average molecular weight is 302 g/mol. The van der Waals surface area contributed by atoms with E-state index in [0.717, 1.165) is 12.8 Å². The fourth-order valence-electron chi connectivity index (χ4n) is 1.59. The van der Waals surface area contributed by atoms with Crippen LogP contribution in [-0.4, -0.2) is 59.6 Å². The van der Waals surface area contributed by atoms with Gasteiger partial charge in [-0.2, -0.15) is 0 Å². The van der Waals surface area contributed by atoms with Gasteiger partial charge in [0.25, 0.3) is 0 Å². The molecule has 0 radical (unpaired) electrons. The molecule has 0 saturated carbocycles. The fraction of sp³-hybridized carbons (Fsp3) is 0.786. The van der Waals surface area contributed by atoms with Gasteiger partial charge in [0.15, 0.2) is 0 Å². The monoisotopic (exact) mass is 302 g/mol. The van der Waals surface area contributed by atoms with Crippen molar-refractivity contribution in [2.45, 2.75) is 46.1 Å². The summed E-state index contributed by atoms with van der Waals surface area (Å²) in [6.07, 6.45) is 1.77. The Hall–Kier alpha value is -1.63. The van der Waals surface area contributed by atoms with Crippen LogP contribution in [0.1, 0.15) is 40.5 Å². The summed E-state index contributed by atoms with van der Waals surface area (Å²) in [5.74, 6) is -1.92. The number of ether oxygens (including phenoxy) is 1. The third-order valence-electron chi connectivity index (χ3n) is 2.40. The van der Waals surface area contributed by atoms with Crippen LogP contribution in [-0.2, 0) is 19.1 Å². The molecule has 0 rings (SSSR count). The average Bonchev–Trinajstić information content (AvgIpc) is 2.31. The van der Waals surface area contributed by atoms with Crippen molar-refractivity contribution >= 4 is 17.8 Å². The third kappa shape index (κ3) is 11.9. The number of carbonyl (C=O) groups is 3. The third-order valence-corrected chi connectivity index (χ3v) is 2.40. The molecule has 1 amide bonds. The van der Waals surface area contributed by atoms with Gasteiger partial charge in [0.1, 0.15) is 12.1 Å². The zero-order valence-electron chi connectivity index (χ0n) is 13.3. The molecule has 2 N–H and O–H groups in total. The number of esters is 1. The number of aliphatic carboxylic acids is 1. The van der Waals surface area contributed by atoms with E-state index in [-0.39, 0.29) is 13.1 Å². The highest BCUT2D eigenvalue weighted by atomic mass is 16.6. The first-order valence-corrected chi connectivity index (χ1v) is 7.06. The van der Waals surface area contributed by atoms with E-state index in [1.54, 1.807) is 25.7 Å². The smallest absolute Gasteiger partial charge is 0.322 e. The first kappa shape index (κ1) is 19.4. The Morgan fingerprint density at radius 1 is 1.19 bits per heavy atom. The summed E-state index contributed by atoms with van der Waals surface area (Å²) in [7, 11) is 0. The van der Waals surface area contributed by atoms with Gasteiger partial charge >= 0.3 is 11.9 Å². The molecule has 0 fully saturated rings. The van der Waals surface area contributed by atoms with Gasteiger partial charge in [-0.15, -0.1) is 0 Å². The number of amides is 1. The molecule has 0 aliphatic rings. The Morgan fingerprint density at radius 3 is 2.29 bits per heavy atom. The maximum Gasteiger partial charge on any atom is 0.322 e. The summed E-state index contributed by atoms with van der Waals surface area (Å²) in [4.78, 5) is 35.5. The van der Waals surface area contributed by atoms with Gasteiger partial charge in [-0.05, 0) is 33.7 Å². The lowest BCUT2D eigenvalue weighted by Crippen LogP contribution is -2.43. The molecule has 0 spiro atoms. The number of nitrogens with one attached hydrogen (secondary N) is 1. The number of nitrogens with zero attached hydrogens (tertiary/aromatic N) is 1. The molecule has 0 aliphatic carbocycles. The molecule has 0 heterocycles. The van der Waals surface area contributed by atoms with Crippen LogP contribution in [0.25, 0.3) is 0 Å². The van der Waals surface area contributed by atoms with Gasteiger partial charge in [0.05, 0.1) is 13.1 Å². The molecule has 0 aromatic heterocycles. The minimum absolute atomic E-state index is 0.0117. The van der Waals surface area contributed by atoms with Crippen LogP contribution >= 0.6 is 0 Å². The first-order chi connectivity index (χ1) is 9.64. The molecule has 7 nitrogen and oxygen atoms in total. The Morgan fingerprint density at radius 2 is 1.81 bits per heavy atom. The highest BCUT2D eigenvalue weighted by Crippen LogP contribution is 2.07. The van der Waals surface area contributed by atoms with Gasteiger partial charge in [-0.25, -0.2) is 0 Å². The maximum atomic E-state index is 11.8. The molecule has 0 aromatic carbocycles. The molecule has 21 heavy (non-hydrogen) atoms. The van der Waals surface area contributed by atoms with E-state index in [2.05, 4.69) is 5.32 Å². The second-order valence-corrected chi connectivity index (χ2v) is 5.82. The lowest BCUT2D eigenvalue weighted by molar-refractivity contribution is -0.156. The van der Waals surface area contributed by atoms with Crippen molar-refractivity contribution in [3.63, 3.8) is 0 Å². The van der Waals surface area contributed by atoms with Gasteiger partial charge in [-0.3, -0.25) is 19.3 Å². The van der Waals surface area contributed by atoms with Crippen molar-refractivity contribution in [3.05, 3.63) is 0 Å². The fourth-order valence-corrected chi connectivity index (χ4v) is 1.59. The molecule has 0 unspecified atom stereocenters. The van der Waals surface area contributed by atoms with Crippen molar-refractivity contribution < 1.29 is 24.2 Å². The number of rotatable bonds is 9. The van der Waals surface area contributed by atoms with Crippen LogP contribution < -0.4 is 5.32 Å². The van der Waals surface area contributed by atoms with Gasteiger partial charge in [-0.1, -0.05) is 13.3 Å². The molecule has 122 valence electrons. The van der Waals surface area contributed by atoms with Crippen LogP contribution in [0.5, 0.6) is 0 Å². The van der Waals surface area contributed by atoms with Crippen LogP contribution in [0, 0.1) is 0 Å². The maximum absolute atomic E-state index is 11.8. The first-order valence-electron chi connectivity index (χ1n) is 7.06. The quantitative estimate of drug-likeness (QED) is 0.607. The van der Waals surface area contributed by atoms with Gasteiger partial charge in [0.2, 0.25) is 5.91 Å². The highest BCUT2D eigenvalue weighted by Gasteiger charge is 2.20. The Kier molecular flexibility index (Phi) is 8.61. The summed E-state index contributed by atoms with van der Waals surface area (Å²) < 4.78 is 5.22. The normalized spacial score (nSPS) is 11.3. The van der Waals surface area contributed by atoms with Crippen LogP contribution in [0.2, 0.25) is 0 Å². The zero-order chi connectivity index (χ0) is 16.5. The standard InChI is InChI=1S/C14H26N2O5/c1-5-6-7-16(9-11(17)15-8-12(18)19)10-13(20)21-14(2,3)4/h5-10H2,1-4H3,(H,15,17)(H,18,19). The number of carboxylic acid groups (broad SMARTS) is 1. The van der Waals surface area contributed by atoms with E-state index < -0.39 is 30.0 Å². The Labute approximate surface area is 125 Å². The van der Waals surface area contributed by atoms with Crippen molar-refractivity contribution in [3.8, 4) is 0 Å². The Bertz CT molecular complexity index is 363. The summed E-state index contributed by atoms with van der Waals surface area (Å²) in [5, 5.41) is 10.8. The van der Waals surface area contributed by atoms with E-state index in [4.69, 9.17) is 9.84 Å². The van der Waals surface area contributed by atoms with Crippen molar-refractivity contribution in [1.29, 1.82) is 0 Å². The highest BCUT2D eigenvalue weighted by molar-refractivity contribution is 5.83. The summed E-state index contributed by atoms with van der Waals surface area (Å²) in [5.41, 5.74) is -0.570. The molecular weight excluding hydrogens is 276 g/mol. The predicted octanol–water partition coefficient (Wildman–Crippen LogP) is 0.631. The number of carbonyl (C=O) groups excluding carboxylic acids is 2. The van der Waals surface area contributed by atoms with E-state index in [1.165, 1.54) is 0 Å². The summed E-state index contributed by atoms with van der Waals surface area (Å²) >= 11 is 0. The molecule has 0 aromatic rings. The van der Waals surface area contributed by atoms with E-state index >= 15 is 0 Å². The molecule has 0 atom stereocenters. The van der Waals surface area contributed by atoms with Crippen LogP contribution in [0.3, 0.4) is 0 Å². The van der Waals surface area contributed by atoms with Crippen molar-refractivity contribution in [2.24, 2.45) is 0 Å². The van der Waals surface area contributed by atoms with Gasteiger partial charge in [0, 0.05) is 0 Å². The molecule has 0 aliphatic heterocycles. The van der Waals surface area contributed by atoms with Gasteiger partial charge < -0.3 is 15.2 Å². The lowest BCUT2D eigenvalue weighted by Gasteiger charge is -2.24. The summed E-state index contributed by atoms with van der Waals surface area (Å²) in [6, 6.07) is 0. The van der Waals surface area contributed by atoms with E-state index in [0.29, 0.717) is 6.54 Å². The lowest BCUT2D eigenvalue weighted by atomic mass is 10.2. The molecule has 0 bridgehead atoms. The van der Waals surface area contributed by atoms with E-state index in [9.17, 15) is 14.4 Å². The second-order valence-electron chi connectivity index (χ2n) is 5.82. The van der Waals surface area contributed by atoms with Crippen LogP contribution in [0.15, 0.2) is 0 Å². The SMILES string of the molecule is CCCCN(CC(=O)NCC(=O)O)CC(=O)OC(C)(C)C. The van der Waals surface area contributed by atoms with Crippen LogP contribution in [0.4, 0.5) is 0 Å². The number of hydrogen-bond donors (Lipinski definition) is 2. The van der Waals surface area contributed by atoms with E-state index in [1.807, 2.05) is 6.92 Å². The van der Waals surface area contributed by atoms with Crippen molar-refractivity contribution in [2.75, 3.05) is 26.2 Å². The number of unbranched alkanes of at least 4 members (excludes halogenated alkanes) is 1. The number of carboxylic acids is 1. The van der Waals surface area contributed by atoms with Crippen molar-refractivity contribution in [1.82, 2.24) is 10.2 Å². The topological polar surface area (TPSA) is 95.9 Å². The molecule has 0 saturated heterocycles. The summed E-state index contributed by atoms with van der Waals surface area (Å²) in [6.45, 7) is 7.49. The predicted molar refractivity (Wildman–Crippen MR) is 77.8 cm³/mol. The Balaban J connectivity index is 4.40. The number of hydrogen-bond acceptors (Lipinski definition) is 5.